The molecule has 0 radical (unpaired) electrons. The van der Waals surface area contributed by atoms with E-state index in [1.54, 1.807) is 7.05 Å². The van der Waals surface area contributed by atoms with Crippen LogP contribution < -0.4 is 10.6 Å². The summed E-state index contributed by atoms with van der Waals surface area (Å²) in [5, 5.41) is 5.76. The first kappa shape index (κ1) is 11.7. The summed E-state index contributed by atoms with van der Waals surface area (Å²) in [5.41, 5.74) is 2.48. The molecular formula is C12H18N2O. The van der Waals surface area contributed by atoms with Gasteiger partial charge in [0.1, 0.15) is 0 Å². The maximum absolute atomic E-state index is 11.1. The van der Waals surface area contributed by atoms with Crippen LogP contribution in [0.15, 0.2) is 24.3 Å². The molecule has 0 saturated carbocycles. The van der Waals surface area contributed by atoms with Crippen molar-refractivity contribution >= 4 is 5.91 Å². The van der Waals surface area contributed by atoms with Gasteiger partial charge in [-0.1, -0.05) is 24.3 Å². The fraction of sp³-hybridized carbons (Fsp3) is 0.417. The van der Waals surface area contributed by atoms with Gasteiger partial charge in [-0.2, -0.15) is 0 Å². The predicted octanol–water partition coefficient (Wildman–Crippen LogP) is 1.39. The highest BCUT2D eigenvalue weighted by Gasteiger charge is 2.08. The standard InChI is InChI=1S/C12H18N2O/c1-9-6-4-5-7-11(9)10(2)14-8-12(15)13-3/h4-7,10,14H,8H2,1-3H3,(H,13,15)/t10-/m0/s1. The lowest BCUT2D eigenvalue weighted by Gasteiger charge is -2.15. The minimum Gasteiger partial charge on any atom is -0.358 e. The zero-order valence-corrected chi connectivity index (χ0v) is 9.50. The molecule has 0 unspecified atom stereocenters. The first-order valence-corrected chi connectivity index (χ1v) is 5.14. The molecule has 1 atom stereocenters. The summed E-state index contributed by atoms with van der Waals surface area (Å²) in [6, 6.07) is 8.39. The third-order valence-electron chi connectivity index (χ3n) is 2.50. The van der Waals surface area contributed by atoms with E-state index in [4.69, 9.17) is 0 Å². The lowest BCUT2D eigenvalue weighted by atomic mass is 10.0. The molecule has 3 heteroatoms. The van der Waals surface area contributed by atoms with Crippen molar-refractivity contribution in [3.63, 3.8) is 0 Å². The van der Waals surface area contributed by atoms with Crippen molar-refractivity contribution < 1.29 is 4.79 Å². The first-order chi connectivity index (χ1) is 7.15. The van der Waals surface area contributed by atoms with Crippen LogP contribution in [-0.4, -0.2) is 19.5 Å². The molecule has 1 rings (SSSR count). The average molecular weight is 206 g/mol. The Hall–Kier alpha value is -1.35. The number of amides is 1. The Balaban J connectivity index is 2.57. The summed E-state index contributed by atoms with van der Waals surface area (Å²) in [5.74, 6) is 0.00966. The van der Waals surface area contributed by atoms with Crippen LogP contribution >= 0.6 is 0 Å². The summed E-state index contributed by atoms with van der Waals surface area (Å²) in [7, 11) is 1.64. The Kier molecular flexibility index (Phi) is 4.31. The zero-order valence-electron chi connectivity index (χ0n) is 9.50. The van der Waals surface area contributed by atoms with E-state index in [0.717, 1.165) is 0 Å². The molecule has 0 aliphatic heterocycles. The molecular weight excluding hydrogens is 188 g/mol. The largest absolute Gasteiger partial charge is 0.358 e. The Labute approximate surface area is 90.9 Å². The van der Waals surface area contributed by atoms with E-state index >= 15 is 0 Å². The second-order valence-electron chi connectivity index (χ2n) is 3.63. The minimum atomic E-state index is 0.00966. The van der Waals surface area contributed by atoms with Crippen LogP contribution in [0.3, 0.4) is 0 Å². The molecule has 82 valence electrons. The van der Waals surface area contributed by atoms with Crippen molar-refractivity contribution in [3.05, 3.63) is 35.4 Å². The third kappa shape index (κ3) is 3.36. The molecule has 3 nitrogen and oxygen atoms in total. The van der Waals surface area contributed by atoms with Crippen molar-refractivity contribution in [3.8, 4) is 0 Å². The van der Waals surface area contributed by atoms with E-state index in [9.17, 15) is 4.79 Å². The van der Waals surface area contributed by atoms with Crippen LogP contribution in [0.2, 0.25) is 0 Å². The van der Waals surface area contributed by atoms with E-state index in [2.05, 4.69) is 36.6 Å². The zero-order chi connectivity index (χ0) is 11.3. The molecule has 0 spiro atoms. The second-order valence-corrected chi connectivity index (χ2v) is 3.63. The molecule has 0 bridgehead atoms. The van der Waals surface area contributed by atoms with Crippen molar-refractivity contribution in [2.45, 2.75) is 19.9 Å². The van der Waals surface area contributed by atoms with E-state index in [-0.39, 0.29) is 11.9 Å². The normalized spacial score (nSPS) is 12.2. The van der Waals surface area contributed by atoms with Crippen molar-refractivity contribution in [1.82, 2.24) is 10.6 Å². The molecule has 0 heterocycles. The molecule has 0 saturated heterocycles. The highest BCUT2D eigenvalue weighted by atomic mass is 16.1. The summed E-state index contributed by atoms with van der Waals surface area (Å²) in [4.78, 5) is 11.1. The number of likely N-dealkylation sites (N-methyl/N-ethyl adjacent to an activating group) is 1. The SMILES string of the molecule is CNC(=O)CN[C@@H](C)c1ccccc1C. The van der Waals surface area contributed by atoms with Gasteiger partial charge >= 0.3 is 0 Å². The lowest BCUT2D eigenvalue weighted by Crippen LogP contribution is -2.33. The highest BCUT2D eigenvalue weighted by Crippen LogP contribution is 2.15. The predicted molar refractivity (Wildman–Crippen MR) is 61.7 cm³/mol. The lowest BCUT2D eigenvalue weighted by molar-refractivity contribution is -0.119. The minimum absolute atomic E-state index is 0.00966. The van der Waals surface area contributed by atoms with E-state index in [0.29, 0.717) is 6.54 Å². The number of hydrogen-bond donors (Lipinski definition) is 2. The number of aryl methyl sites for hydroxylation is 1. The molecule has 0 aliphatic carbocycles. The Morgan fingerprint density at radius 3 is 2.67 bits per heavy atom. The Morgan fingerprint density at radius 1 is 1.40 bits per heavy atom. The molecule has 1 amide bonds. The van der Waals surface area contributed by atoms with Gasteiger partial charge in [0.15, 0.2) is 0 Å². The van der Waals surface area contributed by atoms with Crippen molar-refractivity contribution in [2.75, 3.05) is 13.6 Å². The van der Waals surface area contributed by atoms with E-state index in [1.807, 2.05) is 12.1 Å². The van der Waals surface area contributed by atoms with Crippen LogP contribution in [0.4, 0.5) is 0 Å². The van der Waals surface area contributed by atoms with Gasteiger partial charge in [0.05, 0.1) is 6.54 Å². The van der Waals surface area contributed by atoms with Gasteiger partial charge < -0.3 is 10.6 Å². The fourth-order valence-corrected chi connectivity index (χ4v) is 1.52. The van der Waals surface area contributed by atoms with Crippen LogP contribution in [0.25, 0.3) is 0 Å². The van der Waals surface area contributed by atoms with Crippen LogP contribution in [0.5, 0.6) is 0 Å². The van der Waals surface area contributed by atoms with Gasteiger partial charge in [-0.05, 0) is 25.0 Å². The van der Waals surface area contributed by atoms with Gasteiger partial charge in [0.2, 0.25) is 5.91 Å². The molecule has 1 aromatic rings. The maximum Gasteiger partial charge on any atom is 0.233 e. The van der Waals surface area contributed by atoms with Crippen LogP contribution in [-0.2, 0) is 4.79 Å². The van der Waals surface area contributed by atoms with Crippen LogP contribution in [0, 0.1) is 6.92 Å². The molecule has 15 heavy (non-hydrogen) atoms. The highest BCUT2D eigenvalue weighted by molar-refractivity contribution is 5.77. The van der Waals surface area contributed by atoms with Gasteiger partial charge in [0, 0.05) is 13.1 Å². The van der Waals surface area contributed by atoms with E-state index < -0.39 is 0 Å². The summed E-state index contributed by atoms with van der Waals surface area (Å²) in [6.45, 7) is 4.49. The number of rotatable bonds is 4. The summed E-state index contributed by atoms with van der Waals surface area (Å²) < 4.78 is 0. The number of carbonyl (C=O) groups is 1. The van der Waals surface area contributed by atoms with Gasteiger partial charge in [-0.15, -0.1) is 0 Å². The summed E-state index contributed by atoms with van der Waals surface area (Å²) in [6.07, 6.45) is 0. The Bertz CT molecular complexity index is 336. The molecule has 0 aromatic heterocycles. The van der Waals surface area contributed by atoms with Crippen molar-refractivity contribution in [2.24, 2.45) is 0 Å². The van der Waals surface area contributed by atoms with E-state index in [1.165, 1.54) is 11.1 Å². The third-order valence-corrected chi connectivity index (χ3v) is 2.50. The van der Waals surface area contributed by atoms with Gasteiger partial charge in [-0.25, -0.2) is 0 Å². The van der Waals surface area contributed by atoms with Crippen molar-refractivity contribution in [1.29, 1.82) is 0 Å². The number of hydrogen-bond acceptors (Lipinski definition) is 2. The number of carbonyl (C=O) groups excluding carboxylic acids is 1. The quantitative estimate of drug-likeness (QED) is 0.781. The molecule has 0 aliphatic rings. The Morgan fingerprint density at radius 2 is 2.07 bits per heavy atom. The van der Waals surface area contributed by atoms with Crippen LogP contribution in [0.1, 0.15) is 24.1 Å². The average Bonchev–Trinajstić information content (AvgIpc) is 2.26. The number of benzene rings is 1. The summed E-state index contributed by atoms with van der Waals surface area (Å²) >= 11 is 0. The molecule has 1 aromatic carbocycles. The smallest absolute Gasteiger partial charge is 0.233 e. The molecule has 0 fully saturated rings. The molecule has 2 N–H and O–H groups in total. The monoisotopic (exact) mass is 206 g/mol. The second kappa shape index (κ2) is 5.51. The first-order valence-electron chi connectivity index (χ1n) is 5.14. The topological polar surface area (TPSA) is 41.1 Å². The van der Waals surface area contributed by atoms with Gasteiger partial charge in [-0.3, -0.25) is 4.79 Å². The maximum atomic E-state index is 11.1. The number of nitrogens with one attached hydrogen (secondary N) is 2. The fourth-order valence-electron chi connectivity index (χ4n) is 1.52. The van der Waals surface area contributed by atoms with Gasteiger partial charge in [0.25, 0.3) is 0 Å².